The lowest BCUT2D eigenvalue weighted by atomic mass is 10.2. The van der Waals surface area contributed by atoms with Crippen molar-refractivity contribution in [2.45, 2.75) is 18.9 Å². The zero-order valence-electron chi connectivity index (χ0n) is 11.2. The first-order chi connectivity index (χ1) is 10.1. The van der Waals surface area contributed by atoms with Crippen LogP contribution in [0, 0.1) is 0 Å². The van der Waals surface area contributed by atoms with Gasteiger partial charge in [0.1, 0.15) is 4.88 Å². The van der Waals surface area contributed by atoms with Crippen molar-refractivity contribution in [2.75, 3.05) is 12.4 Å². The molecule has 0 amide bonds. The summed E-state index contributed by atoms with van der Waals surface area (Å²) in [5, 5.41) is 8.26. The molecule has 0 bridgehead atoms. The molecule has 1 aliphatic rings. The summed E-state index contributed by atoms with van der Waals surface area (Å²) in [5.41, 5.74) is 0.870. The number of hydrogen-bond acceptors (Lipinski definition) is 4. The number of hydrogen-bond donors (Lipinski definition) is 2. The van der Waals surface area contributed by atoms with Gasteiger partial charge in [-0.15, -0.1) is 11.3 Å². The van der Waals surface area contributed by atoms with Gasteiger partial charge >= 0.3 is 5.97 Å². The van der Waals surface area contributed by atoms with Gasteiger partial charge in [-0.25, -0.2) is 4.79 Å². The number of benzene rings is 1. The standard InChI is InChI=1S/C14H13ClN2O2S2/c1-19-13(18)12-11(15)9-5-4-8(6-10(9)21-12)17-14(20)16-7-2-3-7/h4-7H,2-3H2,1H3,(H2,16,17,20). The van der Waals surface area contributed by atoms with E-state index < -0.39 is 5.97 Å². The smallest absolute Gasteiger partial charge is 0.349 e. The highest BCUT2D eigenvalue weighted by Gasteiger charge is 2.22. The molecule has 1 aromatic heterocycles. The third kappa shape index (κ3) is 3.12. The molecule has 2 aromatic rings. The van der Waals surface area contributed by atoms with Gasteiger partial charge in [0.15, 0.2) is 5.11 Å². The van der Waals surface area contributed by atoms with Crippen LogP contribution in [0.1, 0.15) is 22.5 Å². The minimum Gasteiger partial charge on any atom is -0.465 e. The highest BCUT2D eigenvalue weighted by atomic mass is 35.5. The van der Waals surface area contributed by atoms with Crippen molar-refractivity contribution in [3.8, 4) is 0 Å². The molecule has 1 aliphatic carbocycles. The summed E-state index contributed by atoms with van der Waals surface area (Å²) < 4.78 is 5.65. The Balaban J connectivity index is 1.85. The first kappa shape index (κ1) is 14.6. The molecule has 0 saturated heterocycles. The molecule has 0 atom stereocenters. The molecule has 0 radical (unpaired) electrons. The topological polar surface area (TPSA) is 50.4 Å². The highest BCUT2D eigenvalue weighted by molar-refractivity contribution is 7.80. The fraction of sp³-hybridized carbons (Fsp3) is 0.286. The fourth-order valence-corrected chi connectivity index (χ4v) is 3.70. The monoisotopic (exact) mass is 340 g/mol. The third-order valence-electron chi connectivity index (χ3n) is 3.17. The summed E-state index contributed by atoms with van der Waals surface area (Å²) in [6, 6.07) is 6.21. The number of anilines is 1. The summed E-state index contributed by atoms with van der Waals surface area (Å²) >= 11 is 12.8. The Hall–Kier alpha value is -1.37. The number of thiophene rings is 1. The maximum Gasteiger partial charge on any atom is 0.349 e. The van der Waals surface area contributed by atoms with Gasteiger partial charge in [0.05, 0.1) is 12.1 Å². The lowest BCUT2D eigenvalue weighted by Crippen LogP contribution is -2.30. The van der Waals surface area contributed by atoms with E-state index in [1.807, 2.05) is 18.2 Å². The lowest BCUT2D eigenvalue weighted by Gasteiger charge is -2.09. The number of esters is 1. The second kappa shape index (κ2) is 5.79. The zero-order valence-corrected chi connectivity index (χ0v) is 13.6. The normalized spacial score (nSPS) is 14.0. The molecular weight excluding hydrogens is 328 g/mol. The molecule has 21 heavy (non-hydrogen) atoms. The molecule has 4 nitrogen and oxygen atoms in total. The molecule has 7 heteroatoms. The summed E-state index contributed by atoms with van der Waals surface area (Å²) in [5.74, 6) is -0.415. The first-order valence-electron chi connectivity index (χ1n) is 6.46. The van der Waals surface area contributed by atoms with Gasteiger partial charge in [-0.3, -0.25) is 0 Å². The quantitative estimate of drug-likeness (QED) is 0.657. The van der Waals surface area contributed by atoms with E-state index in [9.17, 15) is 4.79 Å². The van der Waals surface area contributed by atoms with Gasteiger partial charge in [-0.1, -0.05) is 11.6 Å². The van der Waals surface area contributed by atoms with Crippen molar-refractivity contribution in [3.63, 3.8) is 0 Å². The lowest BCUT2D eigenvalue weighted by molar-refractivity contribution is 0.0606. The van der Waals surface area contributed by atoms with Crippen molar-refractivity contribution >= 4 is 62.0 Å². The number of fused-ring (bicyclic) bond motifs is 1. The molecule has 0 aliphatic heterocycles. The number of ether oxygens (including phenoxy) is 1. The number of methoxy groups -OCH3 is 1. The highest BCUT2D eigenvalue weighted by Crippen LogP contribution is 2.37. The Morgan fingerprint density at radius 1 is 1.48 bits per heavy atom. The van der Waals surface area contributed by atoms with Crippen molar-refractivity contribution in [3.05, 3.63) is 28.1 Å². The largest absolute Gasteiger partial charge is 0.465 e. The van der Waals surface area contributed by atoms with Gasteiger partial charge in [-0.2, -0.15) is 0 Å². The van der Waals surface area contributed by atoms with Crippen LogP contribution in [0.2, 0.25) is 5.02 Å². The van der Waals surface area contributed by atoms with Crippen molar-refractivity contribution in [2.24, 2.45) is 0 Å². The molecule has 2 N–H and O–H groups in total. The molecule has 0 spiro atoms. The summed E-state index contributed by atoms with van der Waals surface area (Å²) in [6.45, 7) is 0. The van der Waals surface area contributed by atoms with Crippen LogP contribution in [-0.4, -0.2) is 24.2 Å². The average Bonchev–Trinajstić information content (AvgIpc) is 3.21. The number of carbonyl (C=O) groups excluding carboxylic acids is 1. The van der Waals surface area contributed by atoms with E-state index in [1.54, 1.807) is 0 Å². The van der Waals surface area contributed by atoms with Crippen LogP contribution in [0.5, 0.6) is 0 Å². The van der Waals surface area contributed by atoms with Crippen LogP contribution in [0.3, 0.4) is 0 Å². The number of halogens is 1. The molecule has 110 valence electrons. The molecule has 0 unspecified atom stereocenters. The second-order valence-electron chi connectivity index (χ2n) is 4.82. The van der Waals surface area contributed by atoms with Crippen LogP contribution in [-0.2, 0) is 4.74 Å². The predicted molar refractivity (Wildman–Crippen MR) is 90.6 cm³/mol. The summed E-state index contributed by atoms with van der Waals surface area (Å²) in [7, 11) is 1.35. The van der Waals surface area contributed by atoms with E-state index in [1.165, 1.54) is 31.3 Å². The molecule has 1 fully saturated rings. The number of carbonyl (C=O) groups is 1. The van der Waals surface area contributed by atoms with Crippen molar-refractivity contribution in [1.82, 2.24) is 5.32 Å². The van der Waals surface area contributed by atoms with Crippen LogP contribution in [0.25, 0.3) is 10.1 Å². The summed E-state index contributed by atoms with van der Waals surface area (Å²) in [4.78, 5) is 12.1. The number of rotatable bonds is 3. The maximum atomic E-state index is 11.7. The van der Waals surface area contributed by atoms with E-state index in [4.69, 9.17) is 28.6 Å². The Kier molecular flexibility index (Phi) is 4.01. The number of thiocarbonyl (C=S) groups is 1. The Labute approximate surface area is 136 Å². The Bertz CT molecular complexity index is 725. The molecule has 1 aromatic carbocycles. The van der Waals surface area contributed by atoms with Gasteiger partial charge in [-0.05, 0) is 43.3 Å². The van der Waals surface area contributed by atoms with E-state index in [2.05, 4.69) is 10.6 Å². The average molecular weight is 341 g/mol. The van der Waals surface area contributed by atoms with Crippen LogP contribution < -0.4 is 10.6 Å². The van der Waals surface area contributed by atoms with Crippen LogP contribution in [0.15, 0.2) is 18.2 Å². The summed E-state index contributed by atoms with van der Waals surface area (Å²) in [6.07, 6.45) is 2.34. The molecular formula is C14H13ClN2O2S2. The minimum absolute atomic E-state index is 0.415. The molecule has 3 rings (SSSR count). The Morgan fingerprint density at radius 3 is 2.90 bits per heavy atom. The Morgan fingerprint density at radius 2 is 2.24 bits per heavy atom. The number of nitrogens with one attached hydrogen (secondary N) is 2. The predicted octanol–water partition coefficient (Wildman–Crippen LogP) is 3.79. The van der Waals surface area contributed by atoms with Crippen molar-refractivity contribution in [1.29, 1.82) is 0 Å². The van der Waals surface area contributed by atoms with Crippen molar-refractivity contribution < 1.29 is 9.53 Å². The molecule has 1 saturated carbocycles. The van der Waals surface area contributed by atoms with E-state index in [0.717, 1.165) is 15.8 Å². The molecule has 1 heterocycles. The second-order valence-corrected chi connectivity index (χ2v) is 6.66. The van der Waals surface area contributed by atoms with Crippen LogP contribution >= 0.6 is 35.2 Å². The van der Waals surface area contributed by atoms with E-state index in [0.29, 0.717) is 21.1 Å². The van der Waals surface area contributed by atoms with E-state index >= 15 is 0 Å². The zero-order chi connectivity index (χ0) is 15.0. The van der Waals surface area contributed by atoms with Gasteiger partial charge < -0.3 is 15.4 Å². The van der Waals surface area contributed by atoms with Crippen LogP contribution in [0.4, 0.5) is 5.69 Å². The van der Waals surface area contributed by atoms with Gasteiger partial charge in [0, 0.05) is 21.8 Å². The fourth-order valence-electron chi connectivity index (χ4n) is 1.95. The van der Waals surface area contributed by atoms with E-state index in [-0.39, 0.29) is 0 Å². The van der Waals surface area contributed by atoms with Gasteiger partial charge in [0.2, 0.25) is 0 Å². The third-order valence-corrected chi connectivity index (χ3v) is 5.03. The minimum atomic E-state index is -0.415. The SMILES string of the molecule is COC(=O)c1sc2cc(NC(=S)NC3CC3)ccc2c1Cl. The first-order valence-corrected chi connectivity index (χ1v) is 8.06. The van der Waals surface area contributed by atoms with Gasteiger partial charge in [0.25, 0.3) is 0 Å². The maximum absolute atomic E-state index is 11.7.